The van der Waals surface area contributed by atoms with E-state index in [0.29, 0.717) is 17.2 Å². The number of hydrogen-bond acceptors (Lipinski definition) is 2. The summed E-state index contributed by atoms with van der Waals surface area (Å²) in [6, 6.07) is 2.11. The van der Waals surface area contributed by atoms with Gasteiger partial charge in [0.2, 0.25) is 0 Å². The van der Waals surface area contributed by atoms with Crippen molar-refractivity contribution >= 4 is 11.6 Å². The van der Waals surface area contributed by atoms with Crippen LogP contribution in [0.2, 0.25) is 0 Å². The molecule has 3 heteroatoms. The van der Waals surface area contributed by atoms with Crippen LogP contribution in [0.5, 0.6) is 5.75 Å². The predicted molar refractivity (Wildman–Crippen MR) is 70.8 cm³/mol. The molecule has 1 aromatic heterocycles. The van der Waals surface area contributed by atoms with Gasteiger partial charge in [-0.1, -0.05) is 6.92 Å². The average molecular weight is 254 g/mol. The Balaban J connectivity index is 2.16. The number of rotatable bonds is 3. The fourth-order valence-corrected chi connectivity index (χ4v) is 2.86. The molecule has 0 saturated heterocycles. The second-order valence-electron chi connectivity index (χ2n) is 5.18. The molecule has 0 spiro atoms. The van der Waals surface area contributed by atoms with Crippen LogP contribution in [0.25, 0.3) is 0 Å². The zero-order valence-corrected chi connectivity index (χ0v) is 11.4. The molecule has 1 fully saturated rings. The summed E-state index contributed by atoms with van der Waals surface area (Å²) in [5.41, 5.74) is 1.26. The summed E-state index contributed by atoms with van der Waals surface area (Å²) in [7, 11) is 0. The van der Waals surface area contributed by atoms with Crippen LogP contribution in [0.1, 0.15) is 45.1 Å². The highest BCUT2D eigenvalue weighted by Crippen LogP contribution is 2.42. The van der Waals surface area contributed by atoms with E-state index in [9.17, 15) is 0 Å². The van der Waals surface area contributed by atoms with Crippen molar-refractivity contribution in [2.24, 2.45) is 5.92 Å². The molecule has 3 unspecified atom stereocenters. The third-order valence-electron chi connectivity index (χ3n) is 3.49. The molecule has 1 aliphatic carbocycles. The van der Waals surface area contributed by atoms with Crippen LogP contribution in [-0.4, -0.2) is 16.5 Å². The summed E-state index contributed by atoms with van der Waals surface area (Å²) in [5.74, 6) is 1.91. The topological polar surface area (TPSA) is 22.1 Å². The van der Waals surface area contributed by atoms with Gasteiger partial charge in [0.05, 0.1) is 12.3 Å². The highest BCUT2D eigenvalue weighted by Gasteiger charge is 2.32. The molecular weight excluding hydrogens is 234 g/mol. The summed E-state index contributed by atoms with van der Waals surface area (Å²) in [5, 5.41) is 0.301. The molecule has 1 aromatic rings. The van der Waals surface area contributed by atoms with E-state index in [4.69, 9.17) is 16.3 Å². The minimum absolute atomic E-state index is 0.189. The lowest BCUT2D eigenvalue weighted by Gasteiger charge is -2.18. The molecule has 0 amide bonds. The molecular formula is C14H20ClNO. The lowest BCUT2D eigenvalue weighted by atomic mass is 9.91. The highest BCUT2D eigenvalue weighted by molar-refractivity contribution is 6.21. The van der Waals surface area contributed by atoms with Crippen LogP contribution in [0.15, 0.2) is 18.5 Å². The second-order valence-corrected chi connectivity index (χ2v) is 5.74. The Labute approximate surface area is 108 Å². The molecule has 1 saturated carbocycles. The minimum atomic E-state index is 0.189. The Morgan fingerprint density at radius 1 is 1.35 bits per heavy atom. The Kier molecular flexibility index (Phi) is 3.93. The van der Waals surface area contributed by atoms with Gasteiger partial charge in [-0.2, -0.15) is 0 Å². The van der Waals surface area contributed by atoms with E-state index in [2.05, 4.69) is 18.0 Å². The van der Waals surface area contributed by atoms with E-state index in [1.807, 2.05) is 20.0 Å². The summed E-state index contributed by atoms with van der Waals surface area (Å²) in [4.78, 5) is 4.27. The zero-order valence-electron chi connectivity index (χ0n) is 10.7. The van der Waals surface area contributed by atoms with Crippen molar-refractivity contribution in [2.45, 2.75) is 51.0 Å². The van der Waals surface area contributed by atoms with Crippen molar-refractivity contribution in [1.29, 1.82) is 0 Å². The molecule has 3 atom stereocenters. The molecule has 1 aliphatic rings. The highest BCUT2D eigenvalue weighted by atomic mass is 35.5. The van der Waals surface area contributed by atoms with Crippen molar-refractivity contribution in [3.63, 3.8) is 0 Å². The smallest absolute Gasteiger partial charge is 0.138 e. The molecule has 0 N–H and O–H groups in total. The molecule has 2 nitrogen and oxygen atoms in total. The van der Waals surface area contributed by atoms with E-state index in [1.54, 1.807) is 6.20 Å². The first-order valence-electron chi connectivity index (χ1n) is 6.33. The van der Waals surface area contributed by atoms with Gasteiger partial charge >= 0.3 is 0 Å². The van der Waals surface area contributed by atoms with Crippen LogP contribution in [0.4, 0.5) is 0 Å². The maximum absolute atomic E-state index is 6.28. The number of ether oxygens (including phenoxy) is 1. The van der Waals surface area contributed by atoms with Crippen molar-refractivity contribution in [1.82, 2.24) is 4.98 Å². The molecule has 0 radical (unpaired) electrons. The number of hydrogen-bond donors (Lipinski definition) is 0. The van der Waals surface area contributed by atoms with E-state index >= 15 is 0 Å². The molecule has 2 rings (SSSR count). The van der Waals surface area contributed by atoms with E-state index < -0.39 is 0 Å². The van der Waals surface area contributed by atoms with Crippen molar-refractivity contribution in [3.05, 3.63) is 24.0 Å². The normalized spacial score (nSPS) is 28.6. The quantitative estimate of drug-likeness (QED) is 0.760. The Hall–Kier alpha value is -0.760. The largest absolute Gasteiger partial charge is 0.489 e. The summed E-state index contributed by atoms with van der Waals surface area (Å²) < 4.78 is 5.68. The van der Waals surface area contributed by atoms with Crippen LogP contribution in [-0.2, 0) is 0 Å². The third-order valence-corrected chi connectivity index (χ3v) is 4.11. The maximum Gasteiger partial charge on any atom is 0.138 e. The van der Waals surface area contributed by atoms with Gasteiger partial charge in [0.25, 0.3) is 0 Å². The van der Waals surface area contributed by atoms with Crippen LogP contribution < -0.4 is 4.74 Å². The first-order chi connectivity index (χ1) is 8.08. The van der Waals surface area contributed by atoms with Crippen molar-refractivity contribution in [2.75, 3.05) is 0 Å². The number of halogens is 1. The average Bonchev–Trinajstić information content (AvgIpc) is 2.59. The second kappa shape index (κ2) is 5.26. The summed E-state index contributed by atoms with van der Waals surface area (Å²) in [6.45, 7) is 6.28. The van der Waals surface area contributed by atoms with Gasteiger partial charge in [-0.05, 0) is 50.2 Å². The van der Waals surface area contributed by atoms with Crippen LogP contribution in [0.3, 0.4) is 0 Å². The SMILES string of the molecule is CC(C)Oc1cncc(C2CCC(Cl)C2C)c1. The van der Waals surface area contributed by atoms with Gasteiger partial charge < -0.3 is 4.74 Å². The first-order valence-corrected chi connectivity index (χ1v) is 6.77. The van der Waals surface area contributed by atoms with E-state index in [0.717, 1.165) is 18.6 Å². The van der Waals surface area contributed by atoms with E-state index in [-0.39, 0.29) is 6.10 Å². The molecule has 0 aliphatic heterocycles. The van der Waals surface area contributed by atoms with Crippen LogP contribution in [0, 0.1) is 5.92 Å². The number of alkyl halides is 1. The Bertz CT molecular complexity index is 380. The lowest BCUT2D eigenvalue weighted by Crippen LogP contribution is -2.11. The van der Waals surface area contributed by atoms with Gasteiger partial charge in [-0.15, -0.1) is 11.6 Å². The maximum atomic E-state index is 6.28. The van der Waals surface area contributed by atoms with Gasteiger partial charge in [0.15, 0.2) is 0 Å². The summed E-state index contributed by atoms with van der Waals surface area (Å²) >= 11 is 6.28. The monoisotopic (exact) mass is 253 g/mol. The van der Waals surface area contributed by atoms with Gasteiger partial charge in [-0.25, -0.2) is 0 Å². The standard InChI is InChI=1S/C14H20ClNO/c1-9(2)17-12-6-11(7-16-8-12)13-4-5-14(15)10(13)3/h6-10,13-14H,4-5H2,1-3H3. The number of pyridine rings is 1. The van der Waals surface area contributed by atoms with Gasteiger partial charge in [-0.3, -0.25) is 4.98 Å². The molecule has 0 aromatic carbocycles. The van der Waals surface area contributed by atoms with Crippen molar-refractivity contribution in [3.8, 4) is 5.75 Å². The molecule has 1 heterocycles. The molecule has 0 bridgehead atoms. The predicted octanol–water partition coefficient (Wildman–Crippen LogP) is 3.99. The zero-order chi connectivity index (χ0) is 12.4. The van der Waals surface area contributed by atoms with Crippen LogP contribution >= 0.6 is 11.6 Å². The van der Waals surface area contributed by atoms with Crippen molar-refractivity contribution < 1.29 is 4.74 Å². The van der Waals surface area contributed by atoms with E-state index in [1.165, 1.54) is 5.56 Å². The minimum Gasteiger partial charge on any atom is -0.489 e. The summed E-state index contributed by atoms with van der Waals surface area (Å²) in [6.07, 6.45) is 6.17. The fraction of sp³-hybridized carbons (Fsp3) is 0.643. The van der Waals surface area contributed by atoms with Gasteiger partial charge in [0.1, 0.15) is 5.75 Å². The Morgan fingerprint density at radius 3 is 2.71 bits per heavy atom. The molecule has 17 heavy (non-hydrogen) atoms. The Morgan fingerprint density at radius 2 is 2.12 bits per heavy atom. The number of nitrogens with zero attached hydrogens (tertiary/aromatic N) is 1. The van der Waals surface area contributed by atoms with Gasteiger partial charge in [0, 0.05) is 11.6 Å². The molecule has 94 valence electrons. The fourth-order valence-electron chi connectivity index (χ4n) is 2.56. The third kappa shape index (κ3) is 2.92. The first kappa shape index (κ1) is 12.7. The number of aromatic nitrogens is 1. The lowest BCUT2D eigenvalue weighted by molar-refractivity contribution is 0.241.